The van der Waals surface area contributed by atoms with Gasteiger partial charge >= 0.3 is 0 Å². The number of hydrogen-bond acceptors (Lipinski definition) is 3. The first-order valence-electron chi connectivity index (χ1n) is 6.94. The number of benzene rings is 1. The minimum Gasteiger partial charge on any atom is -0.494 e. The van der Waals surface area contributed by atoms with E-state index in [1.165, 1.54) is 25.3 Å². The second-order valence-corrected chi connectivity index (χ2v) is 5.55. The quantitative estimate of drug-likeness (QED) is 0.869. The minimum atomic E-state index is -0.681. The van der Waals surface area contributed by atoms with E-state index in [-0.39, 0.29) is 11.7 Å². The Balaban J connectivity index is 1.98. The lowest BCUT2D eigenvalue weighted by atomic mass is 9.94. The highest BCUT2D eigenvalue weighted by molar-refractivity contribution is 5.91. The maximum atomic E-state index is 13.5. The molecule has 1 saturated heterocycles. The highest BCUT2D eigenvalue weighted by Gasteiger charge is 2.28. The topological polar surface area (TPSA) is 49.8 Å². The monoisotopic (exact) mass is 293 g/mol. The van der Waals surface area contributed by atoms with E-state index in [0.717, 1.165) is 0 Å². The number of nitrogens with zero attached hydrogens (tertiary/aromatic N) is 1. The molecule has 1 amide bonds. The number of halogens is 1. The first kappa shape index (κ1) is 15.5. The van der Waals surface area contributed by atoms with E-state index in [1.807, 2.05) is 0 Å². The van der Waals surface area contributed by atoms with E-state index in [1.54, 1.807) is 24.0 Å². The highest BCUT2D eigenvalue weighted by Crippen LogP contribution is 2.22. The van der Waals surface area contributed by atoms with Crippen molar-refractivity contribution in [3.05, 3.63) is 35.7 Å². The lowest BCUT2D eigenvalue weighted by Crippen LogP contribution is -2.44. The number of carbonyl (C=O) groups excluding carboxylic acids is 1. The van der Waals surface area contributed by atoms with E-state index in [2.05, 4.69) is 0 Å². The zero-order chi connectivity index (χ0) is 15.5. The summed E-state index contributed by atoms with van der Waals surface area (Å²) in [6.45, 7) is 2.85. The summed E-state index contributed by atoms with van der Waals surface area (Å²) < 4.78 is 18.4. The zero-order valence-electron chi connectivity index (χ0n) is 12.3. The molecule has 1 aliphatic heterocycles. The molecule has 21 heavy (non-hydrogen) atoms. The van der Waals surface area contributed by atoms with Gasteiger partial charge in [-0.1, -0.05) is 6.07 Å². The summed E-state index contributed by atoms with van der Waals surface area (Å²) in [5.74, 6) is -0.403. The van der Waals surface area contributed by atoms with Crippen LogP contribution in [0.1, 0.15) is 25.3 Å². The van der Waals surface area contributed by atoms with Gasteiger partial charge in [0.05, 0.1) is 12.7 Å². The Kier molecular flexibility index (Phi) is 4.63. The third-order valence-corrected chi connectivity index (χ3v) is 3.75. The SMILES string of the molecule is COc1ccc(/C=C/C(=O)N2CCC(C)(O)CC2)cc1F. The number of amides is 1. The van der Waals surface area contributed by atoms with Crippen molar-refractivity contribution in [1.29, 1.82) is 0 Å². The lowest BCUT2D eigenvalue weighted by molar-refractivity contribution is -0.129. The van der Waals surface area contributed by atoms with Crippen LogP contribution < -0.4 is 4.74 Å². The van der Waals surface area contributed by atoms with Crippen LogP contribution in [0, 0.1) is 5.82 Å². The van der Waals surface area contributed by atoms with Gasteiger partial charge in [0.1, 0.15) is 0 Å². The maximum absolute atomic E-state index is 13.5. The van der Waals surface area contributed by atoms with E-state index >= 15 is 0 Å². The van der Waals surface area contributed by atoms with Crippen molar-refractivity contribution in [3.8, 4) is 5.75 Å². The summed E-state index contributed by atoms with van der Waals surface area (Å²) in [5.41, 5.74) is -0.0785. The van der Waals surface area contributed by atoms with Crippen molar-refractivity contribution < 1.29 is 19.0 Å². The van der Waals surface area contributed by atoms with Crippen LogP contribution in [0.4, 0.5) is 4.39 Å². The number of carbonyl (C=O) groups is 1. The molecule has 1 aromatic rings. The van der Waals surface area contributed by atoms with Crippen LogP contribution in [0.15, 0.2) is 24.3 Å². The van der Waals surface area contributed by atoms with Crippen LogP contribution >= 0.6 is 0 Å². The number of methoxy groups -OCH3 is 1. The zero-order valence-corrected chi connectivity index (χ0v) is 12.3. The van der Waals surface area contributed by atoms with E-state index in [0.29, 0.717) is 31.5 Å². The molecule has 0 saturated carbocycles. The first-order chi connectivity index (χ1) is 9.91. The molecule has 0 atom stereocenters. The van der Waals surface area contributed by atoms with Gasteiger partial charge in [-0.25, -0.2) is 4.39 Å². The van der Waals surface area contributed by atoms with Gasteiger partial charge in [-0.3, -0.25) is 4.79 Å². The molecular formula is C16H20FNO3. The van der Waals surface area contributed by atoms with E-state index < -0.39 is 11.4 Å². The number of aliphatic hydroxyl groups is 1. The van der Waals surface area contributed by atoms with Gasteiger partial charge in [-0.05, 0) is 43.5 Å². The normalized spacial score (nSPS) is 18.0. The second-order valence-electron chi connectivity index (χ2n) is 5.55. The Labute approximate surface area is 123 Å². The summed E-state index contributed by atoms with van der Waals surface area (Å²) in [7, 11) is 1.41. The van der Waals surface area contributed by atoms with Gasteiger partial charge < -0.3 is 14.7 Å². The lowest BCUT2D eigenvalue weighted by Gasteiger charge is -2.35. The Morgan fingerprint density at radius 2 is 2.10 bits per heavy atom. The van der Waals surface area contributed by atoms with Gasteiger partial charge in [0.2, 0.25) is 5.91 Å². The van der Waals surface area contributed by atoms with Crippen LogP contribution in [0.5, 0.6) is 5.75 Å². The molecule has 2 rings (SSSR count). The summed E-state index contributed by atoms with van der Waals surface area (Å²) in [6.07, 6.45) is 4.16. The van der Waals surface area contributed by atoms with Gasteiger partial charge in [-0.2, -0.15) is 0 Å². The van der Waals surface area contributed by atoms with Crippen molar-refractivity contribution in [2.75, 3.05) is 20.2 Å². The maximum Gasteiger partial charge on any atom is 0.246 e. The third-order valence-electron chi connectivity index (χ3n) is 3.75. The highest BCUT2D eigenvalue weighted by atomic mass is 19.1. The smallest absolute Gasteiger partial charge is 0.246 e. The van der Waals surface area contributed by atoms with Crippen molar-refractivity contribution in [1.82, 2.24) is 4.90 Å². The van der Waals surface area contributed by atoms with Gasteiger partial charge in [0.25, 0.3) is 0 Å². The number of rotatable bonds is 3. The molecule has 0 aliphatic carbocycles. The predicted octanol–water partition coefficient (Wildman–Crippen LogP) is 2.22. The molecule has 0 unspecified atom stereocenters. The Morgan fingerprint density at radius 1 is 1.43 bits per heavy atom. The Bertz CT molecular complexity index is 544. The van der Waals surface area contributed by atoms with Gasteiger partial charge in [-0.15, -0.1) is 0 Å². The molecule has 0 aromatic heterocycles. The number of likely N-dealkylation sites (tertiary alicyclic amines) is 1. The van der Waals surface area contributed by atoms with Crippen LogP contribution in [-0.4, -0.2) is 41.7 Å². The van der Waals surface area contributed by atoms with E-state index in [9.17, 15) is 14.3 Å². The molecule has 5 heteroatoms. The second kappa shape index (κ2) is 6.26. The summed E-state index contributed by atoms with van der Waals surface area (Å²) in [5, 5.41) is 9.85. The largest absolute Gasteiger partial charge is 0.494 e. The molecular weight excluding hydrogens is 273 g/mol. The molecule has 1 aromatic carbocycles. The molecule has 114 valence electrons. The minimum absolute atomic E-state index is 0.123. The standard InChI is InChI=1S/C16H20FNO3/c1-16(20)7-9-18(10-8-16)15(19)6-4-12-3-5-14(21-2)13(17)11-12/h3-6,11,20H,7-10H2,1-2H3/b6-4+. The molecule has 0 radical (unpaired) electrons. The molecule has 1 N–H and O–H groups in total. The van der Waals surface area contributed by atoms with E-state index in [4.69, 9.17) is 4.74 Å². The number of piperidine rings is 1. The van der Waals surface area contributed by atoms with Crippen molar-refractivity contribution in [3.63, 3.8) is 0 Å². The fourth-order valence-electron chi connectivity index (χ4n) is 2.27. The predicted molar refractivity (Wildman–Crippen MR) is 78.4 cm³/mol. The molecule has 1 heterocycles. The number of hydrogen-bond donors (Lipinski definition) is 1. The molecule has 0 bridgehead atoms. The number of ether oxygens (including phenoxy) is 1. The molecule has 1 fully saturated rings. The summed E-state index contributed by atoms with van der Waals surface area (Å²) >= 11 is 0. The average molecular weight is 293 g/mol. The summed E-state index contributed by atoms with van der Waals surface area (Å²) in [4.78, 5) is 13.7. The van der Waals surface area contributed by atoms with Crippen LogP contribution in [0.3, 0.4) is 0 Å². The first-order valence-corrected chi connectivity index (χ1v) is 6.94. The third kappa shape index (κ3) is 4.04. The summed E-state index contributed by atoms with van der Waals surface area (Å²) in [6, 6.07) is 4.54. The fourth-order valence-corrected chi connectivity index (χ4v) is 2.27. The molecule has 4 nitrogen and oxygen atoms in total. The molecule has 1 aliphatic rings. The van der Waals surface area contributed by atoms with Crippen molar-refractivity contribution in [2.24, 2.45) is 0 Å². The van der Waals surface area contributed by atoms with Crippen LogP contribution in [0.2, 0.25) is 0 Å². The molecule has 0 spiro atoms. The fraction of sp³-hybridized carbons (Fsp3) is 0.438. The van der Waals surface area contributed by atoms with Crippen LogP contribution in [0.25, 0.3) is 6.08 Å². The Hall–Kier alpha value is -1.88. The van der Waals surface area contributed by atoms with Crippen molar-refractivity contribution in [2.45, 2.75) is 25.4 Å². The van der Waals surface area contributed by atoms with Gasteiger partial charge in [0.15, 0.2) is 11.6 Å². The average Bonchev–Trinajstić information content (AvgIpc) is 2.45. The van der Waals surface area contributed by atoms with Crippen LogP contribution in [-0.2, 0) is 4.79 Å². The van der Waals surface area contributed by atoms with Gasteiger partial charge in [0, 0.05) is 19.2 Å². The van der Waals surface area contributed by atoms with Crippen molar-refractivity contribution >= 4 is 12.0 Å². The Morgan fingerprint density at radius 3 is 2.67 bits per heavy atom.